The summed E-state index contributed by atoms with van der Waals surface area (Å²) >= 11 is 0. The maximum atomic E-state index is 10.8. The lowest BCUT2D eigenvalue weighted by atomic mass is 10.2. The third-order valence-corrected chi connectivity index (χ3v) is 1.93. The SMILES string of the molecule is CNN(COC)c1cccc(C(=O)O)c1. The molecular formula is C10H14N2O3. The second kappa shape index (κ2) is 5.33. The molecular weight excluding hydrogens is 196 g/mol. The third kappa shape index (κ3) is 2.93. The Labute approximate surface area is 88.2 Å². The number of carbonyl (C=O) groups is 1. The summed E-state index contributed by atoms with van der Waals surface area (Å²) in [4.78, 5) is 10.8. The van der Waals surface area contributed by atoms with E-state index in [9.17, 15) is 4.79 Å². The highest BCUT2D eigenvalue weighted by atomic mass is 16.5. The topological polar surface area (TPSA) is 61.8 Å². The van der Waals surface area contributed by atoms with Gasteiger partial charge in [-0.3, -0.25) is 5.01 Å². The van der Waals surface area contributed by atoms with E-state index >= 15 is 0 Å². The number of anilines is 1. The molecule has 0 unspecified atom stereocenters. The molecule has 0 fully saturated rings. The quantitative estimate of drug-likeness (QED) is 0.559. The van der Waals surface area contributed by atoms with Gasteiger partial charge in [-0.15, -0.1) is 0 Å². The molecule has 82 valence electrons. The van der Waals surface area contributed by atoms with Gasteiger partial charge in [0.25, 0.3) is 0 Å². The van der Waals surface area contributed by atoms with E-state index in [1.807, 2.05) is 6.07 Å². The first-order chi connectivity index (χ1) is 7.19. The smallest absolute Gasteiger partial charge is 0.335 e. The lowest BCUT2D eigenvalue weighted by molar-refractivity contribution is 0.0697. The van der Waals surface area contributed by atoms with E-state index in [4.69, 9.17) is 9.84 Å². The zero-order chi connectivity index (χ0) is 11.3. The Hall–Kier alpha value is -1.59. The number of carboxylic acid groups (broad SMARTS) is 1. The molecule has 5 nitrogen and oxygen atoms in total. The fourth-order valence-corrected chi connectivity index (χ4v) is 1.20. The van der Waals surface area contributed by atoms with Gasteiger partial charge in [-0.25, -0.2) is 10.2 Å². The molecule has 0 bridgehead atoms. The molecule has 1 aromatic carbocycles. The van der Waals surface area contributed by atoms with Crippen molar-refractivity contribution in [2.45, 2.75) is 0 Å². The van der Waals surface area contributed by atoms with Gasteiger partial charge in [0, 0.05) is 14.2 Å². The fourth-order valence-electron chi connectivity index (χ4n) is 1.20. The molecule has 0 aliphatic rings. The number of aromatic carboxylic acids is 1. The van der Waals surface area contributed by atoms with Crippen molar-refractivity contribution >= 4 is 11.7 Å². The Kier molecular flexibility index (Phi) is 4.08. The number of ether oxygens (including phenoxy) is 1. The van der Waals surface area contributed by atoms with Crippen LogP contribution in [-0.4, -0.2) is 32.0 Å². The minimum absolute atomic E-state index is 0.254. The molecule has 2 N–H and O–H groups in total. The maximum Gasteiger partial charge on any atom is 0.335 e. The molecule has 0 aliphatic heterocycles. The summed E-state index contributed by atoms with van der Waals surface area (Å²) in [6.07, 6.45) is 0. The maximum absolute atomic E-state index is 10.8. The first-order valence-corrected chi connectivity index (χ1v) is 4.46. The van der Waals surface area contributed by atoms with E-state index in [2.05, 4.69) is 5.43 Å². The van der Waals surface area contributed by atoms with Crippen LogP contribution in [0.4, 0.5) is 5.69 Å². The summed E-state index contributed by atoms with van der Waals surface area (Å²) < 4.78 is 4.97. The molecule has 0 aromatic heterocycles. The van der Waals surface area contributed by atoms with Crippen molar-refractivity contribution in [3.8, 4) is 0 Å². The number of hydrogen-bond acceptors (Lipinski definition) is 4. The van der Waals surface area contributed by atoms with Crippen LogP contribution in [0.25, 0.3) is 0 Å². The number of nitrogens with one attached hydrogen (secondary N) is 1. The van der Waals surface area contributed by atoms with Crippen LogP contribution in [-0.2, 0) is 4.74 Å². The average Bonchev–Trinajstić information content (AvgIpc) is 2.26. The van der Waals surface area contributed by atoms with Gasteiger partial charge in [-0.2, -0.15) is 0 Å². The lowest BCUT2D eigenvalue weighted by Crippen LogP contribution is -2.36. The molecule has 0 spiro atoms. The van der Waals surface area contributed by atoms with E-state index in [1.165, 1.54) is 0 Å². The predicted molar refractivity (Wildman–Crippen MR) is 56.8 cm³/mol. The molecule has 1 rings (SSSR count). The van der Waals surface area contributed by atoms with Crippen LogP contribution in [0, 0.1) is 0 Å². The van der Waals surface area contributed by atoms with E-state index < -0.39 is 5.97 Å². The Balaban J connectivity index is 2.92. The van der Waals surface area contributed by atoms with Crippen molar-refractivity contribution < 1.29 is 14.6 Å². The zero-order valence-corrected chi connectivity index (χ0v) is 8.73. The van der Waals surface area contributed by atoms with Crippen LogP contribution in [0.2, 0.25) is 0 Å². The van der Waals surface area contributed by atoms with Crippen molar-refractivity contribution in [2.75, 3.05) is 25.9 Å². The van der Waals surface area contributed by atoms with Gasteiger partial charge in [-0.05, 0) is 18.2 Å². The van der Waals surface area contributed by atoms with Crippen molar-refractivity contribution in [3.05, 3.63) is 29.8 Å². The van der Waals surface area contributed by atoms with Crippen LogP contribution in [0.3, 0.4) is 0 Å². The molecule has 0 radical (unpaired) electrons. The van der Waals surface area contributed by atoms with Crippen molar-refractivity contribution in [3.63, 3.8) is 0 Å². The predicted octanol–water partition coefficient (Wildman–Crippen LogP) is 0.929. The Morgan fingerprint density at radius 3 is 2.87 bits per heavy atom. The number of hydrogen-bond donors (Lipinski definition) is 2. The molecule has 0 saturated heterocycles. The van der Waals surface area contributed by atoms with E-state index in [-0.39, 0.29) is 5.56 Å². The van der Waals surface area contributed by atoms with Gasteiger partial charge in [-0.1, -0.05) is 6.07 Å². The summed E-state index contributed by atoms with van der Waals surface area (Å²) in [7, 11) is 3.32. The first kappa shape index (κ1) is 11.5. The summed E-state index contributed by atoms with van der Waals surface area (Å²) in [5.74, 6) is -0.940. The van der Waals surface area contributed by atoms with Crippen molar-refractivity contribution in [1.29, 1.82) is 0 Å². The molecule has 15 heavy (non-hydrogen) atoms. The number of methoxy groups -OCH3 is 1. The monoisotopic (exact) mass is 210 g/mol. The van der Waals surface area contributed by atoms with Gasteiger partial charge < -0.3 is 9.84 Å². The van der Waals surface area contributed by atoms with E-state index in [1.54, 1.807) is 37.4 Å². The second-order valence-electron chi connectivity index (χ2n) is 2.92. The third-order valence-electron chi connectivity index (χ3n) is 1.93. The van der Waals surface area contributed by atoms with Crippen LogP contribution < -0.4 is 10.4 Å². The minimum atomic E-state index is -0.940. The normalized spacial score (nSPS) is 10.0. The van der Waals surface area contributed by atoms with Gasteiger partial charge in [0.1, 0.15) is 6.73 Å². The molecule has 0 aliphatic carbocycles. The molecule has 1 aromatic rings. The highest BCUT2D eigenvalue weighted by molar-refractivity contribution is 5.88. The van der Waals surface area contributed by atoms with Gasteiger partial charge in [0.05, 0.1) is 11.3 Å². The largest absolute Gasteiger partial charge is 0.478 e. The molecule has 0 heterocycles. The number of benzene rings is 1. The Morgan fingerprint density at radius 1 is 1.60 bits per heavy atom. The summed E-state index contributed by atoms with van der Waals surface area (Å²) in [6.45, 7) is 0.347. The van der Waals surface area contributed by atoms with Crippen LogP contribution >= 0.6 is 0 Å². The highest BCUT2D eigenvalue weighted by Gasteiger charge is 2.07. The van der Waals surface area contributed by atoms with Crippen molar-refractivity contribution in [1.82, 2.24) is 5.43 Å². The second-order valence-corrected chi connectivity index (χ2v) is 2.92. The zero-order valence-electron chi connectivity index (χ0n) is 8.73. The molecule has 0 saturated carbocycles. The number of nitrogens with zero attached hydrogens (tertiary/aromatic N) is 1. The van der Waals surface area contributed by atoms with Gasteiger partial charge in [0.15, 0.2) is 0 Å². The first-order valence-electron chi connectivity index (χ1n) is 4.46. The fraction of sp³-hybridized carbons (Fsp3) is 0.300. The Bertz CT molecular complexity index is 341. The summed E-state index contributed by atoms with van der Waals surface area (Å²) in [5, 5.41) is 10.5. The van der Waals surface area contributed by atoms with Crippen LogP contribution in [0.1, 0.15) is 10.4 Å². The van der Waals surface area contributed by atoms with E-state index in [0.717, 1.165) is 5.69 Å². The van der Waals surface area contributed by atoms with Crippen LogP contribution in [0.15, 0.2) is 24.3 Å². The Morgan fingerprint density at radius 2 is 2.33 bits per heavy atom. The highest BCUT2D eigenvalue weighted by Crippen LogP contribution is 2.14. The van der Waals surface area contributed by atoms with E-state index in [0.29, 0.717) is 6.73 Å². The lowest BCUT2D eigenvalue weighted by Gasteiger charge is -2.22. The summed E-state index contributed by atoms with van der Waals surface area (Å²) in [6, 6.07) is 6.63. The minimum Gasteiger partial charge on any atom is -0.478 e. The van der Waals surface area contributed by atoms with Gasteiger partial charge >= 0.3 is 5.97 Å². The molecule has 0 amide bonds. The number of hydrazine groups is 1. The standard InChI is InChI=1S/C10H14N2O3/c1-11-12(7-15-2)9-5-3-4-8(6-9)10(13)14/h3-6,11H,7H2,1-2H3,(H,13,14). The van der Waals surface area contributed by atoms with Crippen LogP contribution in [0.5, 0.6) is 0 Å². The molecule has 5 heteroatoms. The average molecular weight is 210 g/mol. The number of carboxylic acids is 1. The summed E-state index contributed by atoms with van der Waals surface area (Å²) in [5.41, 5.74) is 3.90. The van der Waals surface area contributed by atoms with Crippen molar-refractivity contribution in [2.24, 2.45) is 0 Å². The molecule has 0 atom stereocenters. The number of rotatable bonds is 5. The van der Waals surface area contributed by atoms with Gasteiger partial charge in [0.2, 0.25) is 0 Å².